The molecule has 1 aromatic carbocycles. The minimum atomic E-state index is -0.206. The van der Waals surface area contributed by atoms with Crippen LogP contribution in [0.1, 0.15) is 16.1 Å². The Labute approximate surface area is 103 Å². The van der Waals surface area contributed by atoms with Crippen LogP contribution in [0.4, 0.5) is 0 Å². The van der Waals surface area contributed by atoms with Gasteiger partial charge in [0.15, 0.2) is 0 Å². The van der Waals surface area contributed by atoms with Crippen LogP contribution in [0.2, 0.25) is 10.0 Å². The molecule has 0 aliphatic rings. The molecule has 0 aliphatic heterocycles. The Kier molecular flexibility index (Phi) is 3.22. The maximum Gasteiger partial charge on any atom is 0.212 e. The Hall–Kier alpha value is -1.38. The Balaban J connectivity index is 2.42. The third kappa shape index (κ3) is 2.23. The van der Waals surface area contributed by atoms with E-state index in [1.807, 2.05) is 0 Å². The molecule has 0 bridgehead atoms. The summed E-state index contributed by atoms with van der Waals surface area (Å²) in [5.74, 6) is -0.206. The summed E-state index contributed by atoms with van der Waals surface area (Å²) in [4.78, 5) is 16.0. The molecule has 2 rings (SSSR count). The first-order valence-electron chi connectivity index (χ1n) is 4.59. The molecule has 0 saturated carbocycles. The highest BCUT2D eigenvalue weighted by Gasteiger charge is 2.13. The second-order valence-electron chi connectivity index (χ2n) is 3.17. The third-order valence-corrected chi connectivity index (χ3v) is 2.62. The average molecular weight is 252 g/mol. The molecule has 0 N–H and O–H groups in total. The van der Waals surface area contributed by atoms with Gasteiger partial charge in [-0.25, -0.2) is 0 Å². The molecular formula is C12H7Cl2NO. The minimum Gasteiger partial charge on any atom is -0.287 e. The molecule has 0 radical (unpaired) electrons. The molecule has 0 unspecified atom stereocenters. The first kappa shape index (κ1) is 11.1. The maximum atomic E-state index is 12.0. The Bertz CT molecular complexity index is 526. The van der Waals surface area contributed by atoms with E-state index in [1.54, 1.807) is 42.6 Å². The molecule has 1 heterocycles. The van der Waals surface area contributed by atoms with Crippen LogP contribution in [-0.4, -0.2) is 10.8 Å². The van der Waals surface area contributed by atoms with Gasteiger partial charge in [0, 0.05) is 16.8 Å². The molecule has 2 nitrogen and oxygen atoms in total. The molecule has 0 fully saturated rings. The summed E-state index contributed by atoms with van der Waals surface area (Å²) in [5, 5.41) is 0.839. The van der Waals surface area contributed by atoms with Crippen LogP contribution in [0.25, 0.3) is 0 Å². The highest BCUT2D eigenvalue weighted by molar-refractivity contribution is 6.37. The molecule has 0 atom stereocenters. The van der Waals surface area contributed by atoms with E-state index in [2.05, 4.69) is 4.98 Å². The van der Waals surface area contributed by atoms with Gasteiger partial charge in [-0.05, 0) is 30.3 Å². The zero-order valence-corrected chi connectivity index (χ0v) is 9.66. The van der Waals surface area contributed by atoms with Crippen LogP contribution >= 0.6 is 23.2 Å². The van der Waals surface area contributed by atoms with Gasteiger partial charge in [0.2, 0.25) is 5.78 Å². The molecule has 0 saturated heterocycles. The number of hydrogen-bond donors (Lipinski definition) is 0. The van der Waals surface area contributed by atoms with Crippen molar-refractivity contribution in [2.24, 2.45) is 0 Å². The number of nitrogens with zero attached hydrogens (tertiary/aromatic N) is 1. The maximum absolute atomic E-state index is 12.0. The molecule has 0 amide bonds. The highest BCUT2D eigenvalue weighted by atomic mass is 35.5. The summed E-state index contributed by atoms with van der Waals surface area (Å²) >= 11 is 11.7. The number of hydrogen-bond acceptors (Lipinski definition) is 2. The van der Waals surface area contributed by atoms with Gasteiger partial charge in [0.05, 0.1) is 5.02 Å². The van der Waals surface area contributed by atoms with Crippen molar-refractivity contribution in [2.75, 3.05) is 0 Å². The SMILES string of the molecule is O=C(c1ccccn1)c1ccc(Cl)cc1Cl. The monoisotopic (exact) mass is 251 g/mol. The number of carbonyl (C=O) groups is 1. The lowest BCUT2D eigenvalue weighted by molar-refractivity contribution is 0.103. The fraction of sp³-hybridized carbons (Fsp3) is 0. The lowest BCUT2D eigenvalue weighted by Gasteiger charge is -2.02. The van der Waals surface area contributed by atoms with Crippen molar-refractivity contribution < 1.29 is 4.79 Å². The standard InChI is InChI=1S/C12H7Cl2NO/c13-8-4-5-9(10(14)7-8)12(16)11-3-1-2-6-15-11/h1-7H. The van der Waals surface area contributed by atoms with E-state index in [0.29, 0.717) is 21.3 Å². The zero-order valence-electron chi connectivity index (χ0n) is 8.15. The Morgan fingerprint density at radius 1 is 1.12 bits per heavy atom. The van der Waals surface area contributed by atoms with Crippen molar-refractivity contribution in [2.45, 2.75) is 0 Å². The number of ketones is 1. The molecule has 80 valence electrons. The molecule has 4 heteroatoms. The van der Waals surface area contributed by atoms with Crippen molar-refractivity contribution in [1.29, 1.82) is 0 Å². The lowest BCUT2D eigenvalue weighted by atomic mass is 10.1. The second-order valence-corrected chi connectivity index (χ2v) is 4.01. The van der Waals surface area contributed by atoms with Gasteiger partial charge >= 0.3 is 0 Å². The van der Waals surface area contributed by atoms with Crippen LogP contribution in [0, 0.1) is 0 Å². The number of carbonyl (C=O) groups excluding carboxylic acids is 1. The predicted molar refractivity (Wildman–Crippen MR) is 64.1 cm³/mol. The predicted octanol–water partition coefficient (Wildman–Crippen LogP) is 3.62. The van der Waals surface area contributed by atoms with Crippen molar-refractivity contribution in [1.82, 2.24) is 4.98 Å². The number of benzene rings is 1. The molecule has 2 aromatic rings. The molecule has 1 aromatic heterocycles. The van der Waals surface area contributed by atoms with Gasteiger partial charge < -0.3 is 0 Å². The first-order chi connectivity index (χ1) is 7.68. The summed E-state index contributed by atoms with van der Waals surface area (Å²) in [7, 11) is 0. The van der Waals surface area contributed by atoms with E-state index in [4.69, 9.17) is 23.2 Å². The topological polar surface area (TPSA) is 30.0 Å². The first-order valence-corrected chi connectivity index (χ1v) is 5.35. The van der Waals surface area contributed by atoms with Gasteiger partial charge in [-0.1, -0.05) is 29.3 Å². The summed E-state index contributed by atoms with van der Waals surface area (Å²) in [6.07, 6.45) is 1.57. The number of aromatic nitrogens is 1. The fourth-order valence-corrected chi connectivity index (χ4v) is 1.80. The highest BCUT2D eigenvalue weighted by Crippen LogP contribution is 2.22. The minimum absolute atomic E-state index is 0.206. The van der Waals surface area contributed by atoms with Crippen molar-refractivity contribution >= 4 is 29.0 Å². The van der Waals surface area contributed by atoms with Crippen LogP contribution in [0.5, 0.6) is 0 Å². The summed E-state index contributed by atoms with van der Waals surface area (Å²) in [5.41, 5.74) is 0.775. The molecule has 0 spiro atoms. The Morgan fingerprint density at radius 2 is 1.94 bits per heavy atom. The normalized spacial score (nSPS) is 10.1. The smallest absolute Gasteiger partial charge is 0.212 e. The van der Waals surface area contributed by atoms with Gasteiger partial charge in [0.25, 0.3) is 0 Å². The van der Waals surface area contributed by atoms with E-state index in [-0.39, 0.29) is 5.78 Å². The Morgan fingerprint density at radius 3 is 2.56 bits per heavy atom. The van der Waals surface area contributed by atoms with E-state index in [1.165, 1.54) is 0 Å². The van der Waals surface area contributed by atoms with Gasteiger partial charge in [-0.3, -0.25) is 9.78 Å². The lowest BCUT2D eigenvalue weighted by Crippen LogP contribution is -2.04. The van der Waals surface area contributed by atoms with Crippen molar-refractivity contribution in [3.8, 4) is 0 Å². The van der Waals surface area contributed by atoms with Crippen LogP contribution in [-0.2, 0) is 0 Å². The molecule has 16 heavy (non-hydrogen) atoms. The summed E-state index contributed by atoms with van der Waals surface area (Å²) in [6.45, 7) is 0. The van der Waals surface area contributed by atoms with E-state index < -0.39 is 0 Å². The molecular weight excluding hydrogens is 245 g/mol. The average Bonchev–Trinajstić information content (AvgIpc) is 2.29. The van der Waals surface area contributed by atoms with E-state index in [9.17, 15) is 4.79 Å². The van der Waals surface area contributed by atoms with Crippen molar-refractivity contribution in [3.63, 3.8) is 0 Å². The van der Waals surface area contributed by atoms with E-state index in [0.717, 1.165) is 0 Å². The van der Waals surface area contributed by atoms with Crippen LogP contribution in [0.15, 0.2) is 42.6 Å². The third-order valence-electron chi connectivity index (χ3n) is 2.07. The van der Waals surface area contributed by atoms with Crippen LogP contribution in [0.3, 0.4) is 0 Å². The number of halogens is 2. The second kappa shape index (κ2) is 4.64. The largest absolute Gasteiger partial charge is 0.287 e. The van der Waals surface area contributed by atoms with Crippen LogP contribution < -0.4 is 0 Å². The fourth-order valence-electron chi connectivity index (χ4n) is 1.31. The van der Waals surface area contributed by atoms with Gasteiger partial charge in [0.1, 0.15) is 5.69 Å². The van der Waals surface area contributed by atoms with Gasteiger partial charge in [-0.2, -0.15) is 0 Å². The quantitative estimate of drug-likeness (QED) is 0.764. The summed E-state index contributed by atoms with van der Waals surface area (Å²) in [6, 6.07) is 9.92. The number of rotatable bonds is 2. The number of pyridine rings is 1. The van der Waals surface area contributed by atoms with Gasteiger partial charge in [-0.15, -0.1) is 0 Å². The summed E-state index contributed by atoms with van der Waals surface area (Å²) < 4.78 is 0. The van der Waals surface area contributed by atoms with Crippen molar-refractivity contribution in [3.05, 3.63) is 63.9 Å². The molecule has 0 aliphatic carbocycles. The zero-order chi connectivity index (χ0) is 11.5. The van der Waals surface area contributed by atoms with E-state index >= 15 is 0 Å².